The van der Waals surface area contributed by atoms with Gasteiger partial charge in [0, 0.05) is 30.2 Å². The molecule has 170 valence electrons. The van der Waals surface area contributed by atoms with Crippen LogP contribution in [0.15, 0.2) is 43.0 Å². The van der Waals surface area contributed by atoms with Crippen molar-refractivity contribution in [3.63, 3.8) is 0 Å². The van der Waals surface area contributed by atoms with E-state index < -0.39 is 6.04 Å². The van der Waals surface area contributed by atoms with E-state index in [1.807, 2.05) is 31.2 Å². The number of benzene rings is 1. The molecule has 2 unspecified atom stereocenters. The molecule has 0 saturated heterocycles. The molecule has 9 heteroatoms. The third-order valence-electron chi connectivity index (χ3n) is 5.76. The van der Waals surface area contributed by atoms with E-state index in [0.717, 1.165) is 21.8 Å². The Morgan fingerprint density at radius 1 is 1.45 bits per heavy atom. The minimum absolute atomic E-state index is 0.00999. The number of nitrogens with one attached hydrogen (secondary N) is 2. The van der Waals surface area contributed by atoms with E-state index in [1.54, 1.807) is 30.4 Å². The monoisotopic (exact) mass is 463 g/mol. The van der Waals surface area contributed by atoms with Gasteiger partial charge in [0.25, 0.3) is 0 Å². The van der Waals surface area contributed by atoms with Gasteiger partial charge >= 0.3 is 0 Å². The third-order valence-corrected chi connectivity index (χ3v) is 6.98. The van der Waals surface area contributed by atoms with Crippen LogP contribution in [0.4, 0.5) is 5.00 Å². The van der Waals surface area contributed by atoms with Gasteiger partial charge in [0.05, 0.1) is 25.5 Å². The largest absolute Gasteiger partial charge is 0.497 e. The molecule has 2 atom stereocenters. The summed E-state index contributed by atoms with van der Waals surface area (Å²) in [6.45, 7) is 2.77. The van der Waals surface area contributed by atoms with Crippen LogP contribution in [-0.4, -0.2) is 34.9 Å². The Hall–Kier alpha value is -3.48. The fourth-order valence-electron chi connectivity index (χ4n) is 4.04. The van der Waals surface area contributed by atoms with Crippen LogP contribution in [0.25, 0.3) is 0 Å². The number of methoxy groups -OCH3 is 1. The van der Waals surface area contributed by atoms with Gasteiger partial charge in [0.1, 0.15) is 22.9 Å². The van der Waals surface area contributed by atoms with Crippen molar-refractivity contribution >= 4 is 28.0 Å². The first-order chi connectivity index (χ1) is 16.0. The van der Waals surface area contributed by atoms with Crippen LogP contribution in [0.1, 0.15) is 46.9 Å². The van der Waals surface area contributed by atoms with E-state index >= 15 is 0 Å². The molecule has 8 nitrogen and oxygen atoms in total. The summed E-state index contributed by atoms with van der Waals surface area (Å²) >= 11 is 1.31. The quantitative estimate of drug-likeness (QED) is 0.530. The predicted octanol–water partition coefficient (Wildman–Crippen LogP) is 3.41. The first-order valence-corrected chi connectivity index (χ1v) is 11.5. The van der Waals surface area contributed by atoms with Crippen LogP contribution in [0.5, 0.6) is 5.75 Å². The van der Waals surface area contributed by atoms with Crippen LogP contribution in [-0.2, 0) is 22.6 Å². The average Bonchev–Trinajstić information content (AvgIpc) is 3.45. The zero-order chi connectivity index (χ0) is 23.4. The van der Waals surface area contributed by atoms with Gasteiger partial charge in [0.15, 0.2) is 5.78 Å². The number of carbonyl (C=O) groups excluding carboxylic acids is 2. The number of hydrogen-bond acceptors (Lipinski definition) is 7. The summed E-state index contributed by atoms with van der Waals surface area (Å²) in [5.41, 5.74) is 2.31. The molecule has 0 bridgehead atoms. The van der Waals surface area contributed by atoms with Crippen molar-refractivity contribution in [3.8, 4) is 11.8 Å². The van der Waals surface area contributed by atoms with Gasteiger partial charge in [-0.2, -0.15) is 5.26 Å². The van der Waals surface area contributed by atoms with Gasteiger partial charge in [-0.05, 0) is 35.6 Å². The van der Waals surface area contributed by atoms with Crippen molar-refractivity contribution in [2.45, 2.75) is 38.3 Å². The minimum atomic E-state index is -0.505. The number of anilines is 1. The highest BCUT2D eigenvalue weighted by molar-refractivity contribution is 7.17. The topological polar surface area (TPSA) is 109 Å². The lowest BCUT2D eigenvalue weighted by Gasteiger charge is -2.23. The molecular formula is C24H25N5O3S. The molecule has 33 heavy (non-hydrogen) atoms. The second-order valence-corrected chi connectivity index (χ2v) is 9.08. The number of ketones is 1. The summed E-state index contributed by atoms with van der Waals surface area (Å²) in [4.78, 5) is 30.5. The standard InChI is InChI=1S/C24H25N5O3S/c1-15(16-4-3-5-17(11-16)32-2)10-21(31)28-24-19(12-25)18-6-7-27-22(23(18)33-24)20(30)13-29-9-8-26-14-29/h3-5,8-9,11,14-15,22,27H,6-7,10,13H2,1-2H3,(H,28,31). The summed E-state index contributed by atoms with van der Waals surface area (Å²) in [5, 5.41) is 16.5. The second-order valence-electron chi connectivity index (χ2n) is 8.03. The number of thiophene rings is 1. The normalized spacial score (nSPS) is 15.8. The first-order valence-electron chi connectivity index (χ1n) is 10.7. The van der Waals surface area contributed by atoms with Crippen LogP contribution in [0, 0.1) is 11.3 Å². The number of ether oxygens (including phenoxy) is 1. The second kappa shape index (κ2) is 9.98. The Kier molecular flexibility index (Phi) is 6.87. The Balaban J connectivity index is 1.50. The van der Waals surface area contributed by atoms with Crippen molar-refractivity contribution in [1.82, 2.24) is 14.9 Å². The zero-order valence-corrected chi connectivity index (χ0v) is 19.3. The van der Waals surface area contributed by atoms with Crippen molar-refractivity contribution in [2.75, 3.05) is 19.0 Å². The number of fused-ring (bicyclic) bond motifs is 1. The Bertz CT molecular complexity index is 1200. The van der Waals surface area contributed by atoms with Gasteiger partial charge in [-0.3, -0.25) is 9.59 Å². The Morgan fingerprint density at radius 2 is 2.30 bits per heavy atom. The SMILES string of the molecule is COc1cccc(C(C)CC(=O)Nc2sc3c(c2C#N)CCNC3C(=O)Cn2ccnc2)c1. The van der Waals surface area contributed by atoms with Gasteiger partial charge < -0.3 is 19.9 Å². The van der Waals surface area contributed by atoms with Gasteiger partial charge in [-0.15, -0.1) is 11.3 Å². The molecule has 1 aromatic carbocycles. The highest BCUT2D eigenvalue weighted by Gasteiger charge is 2.32. The number of aromatic nitrogens is 2. The molecule has 2 aromatic heterocycles. The van der Waals surface area contributed by atoms with Crippen LogP contribution in [0.3, 0.4) is 0 Å². The summed E-state index contributed by atoms with van der Waals surface area (Å²) in [7, 11) is 1.61. The van der Waals surface area contributed by atoms with E-state index in [4.69, 9.17) is 4.74 Å². The van der Waals surface area contributed by atoms with Crippen molar-refractivity contribution < 1.29 is 14.3 Å². The van der Waals surface area contributed by atoms with Crippen LogP contribution in [0.2, 0.25) is 0 Å². The number of nitriles is 1. The van der Waals surface area contributed by atoms with E-state index in [1.165, 1.54) is 11.3 Å². The Morgan fingerprint density at radius 3 is 3.03 bits per heavy atom. The van der Waals surface area contributed by atoms with E-state index in [9.17, 15) is 14.9 Å². The number of Topliss-reactive ketones (excluding diaryl/α,β-unsaturated/α-hetero) is 1. The predicted molar refractivity (Wildman–Crippen MR) is 125 cm³/mol. The van der Waals surface area contributed by atoms with Crippen LogP contribution >= 0.6 is 11.3 Å². The summed E-state index contributed by atoms with van der Waals surface area (Å²) in [5.74, 6) is 0.543. The molecule has 1 aliphatic heterocycles. The molecule has 3 heterocycles. The van der Waals surface area contributed by atoms with E-state index in [-0.39, 0.29) is 30.6 Å². The lowest BCUT2D eigenvalue weighted by Crippen LogP contribution is -2.35. The number of hydrogen-bond donors (Lipinski definition) is 2. The molecule has 0 fully saturated rings. The maximum absolute atomic E-state index is 12.9. The summed E-state index contributed by atoms with van der Waals surface area (Å²) < 4.78 is 6.99. The van der Waals surface area contributed by atoms with Crippen LogP contribution < -0.4 is 15.4 Å². The fraction of sp³-hybridized carbons (Fsp3) is 0.333. The lowest BCUT2D eigenvalue weighted by molar-refractivity contribution is -0.122. The molecule has 0 spiro atoms. The van der Waals surface area contributed by atoms with Gasteiger partial charge in [-0.1, -0.05) is 19.1 Å². The molecule has 2 N–H and O–H groups in total. The zero-order valence-electron chi connectivity index (χ0n) is 18.5. The highest BCUT2D eigenvalue weighted by Crippen LogP contribution is 2.40. The van der Waals surface area contributed by atoms with Gasteiger partial charge in [-0.25, -0.2) is 4.98 Å². The molecule has 1 amide bonds. The Labute approximate surface area is 196 Å². The highest BCUT2D eigenvalue weighted by atomic mass is 32.1. The fourth-order valence-corrected chi connectivity index (χ4v) is 5.35. The molecular weight excluding hydrogens is 438 g/mol. The number of nitrogens with zero attached hydrogens (tertiary/aromatic N) is 3. The van der Waals surface area contributed by atoms with E-state index in [0.29, 0.717) is 23.5 Å². The third kappa shape index (κ3) is 4.97. The minimum Gasteiger partial charge on any atom is -0.497 e. The smallest absolute Gasteiger partial charge is 0.225 e. The number of imidazole rings is 1. The molecule has 0 aliphatic carbocycles. The van der Waals surface area contributed by atoms with Gasteiger partial charge in [0.2, 0.25) is 5.91 Å². The van der Waals surface area contributed by atoms with Crippen molar-refractivity contribution in [1.29, 1.82) is 5.26 Å². The number of carbonyl (C=O) groups is 2. The maximum Gasteiger partial charge on any atom is 0.225 e. The molecule has 1 aliphatic rings. The molecule has 3 aromatic rings. The number of rotatable bonds is 8. The number of amides is 1. The molecule has 4 rings (SSSR count). The average molecular weight is 464 g/mol. The lowest BCUT2D eigenvalue weighted by atomic mass is 9.96. The molecule has 0 radical (unpaired) electrons. The summed E-state index contributed by atoms with van der Waals surface area (Å²) in [6, 6.07) is 9.39. The van der Waals surface area contributed by atoms with Crippen molar-refractivity contribution in [2.24, 2.45) is 0 Å². The molecule has 0 saturated carbocycles. The maximum atomic E-state index is 12.9. The first kappa shape index (κ1) is 22.7. The summed E-state index contributed by atoms with van der Waals surface area (Å²) in [6.07, 6.45) is 5.88. The van der Waals surface area contributed by atoms with E-state index in [2.05, 4.69) is 21.7 Å². The van der Waals surface area contributed by atoms with Crippen molar-refractivity contribution in [3.05, 3.63) is 64.6 Å².